The highest BCUT2D eigenvalue weighted by atomic mass is 16.1. The van der Waals surface area contributed by atoms with Gasteiger partial charge in [0.2, 0.25) is 0 Å². The number of carbonyl (C=O) groups excluding carboxylic acids is 2. The lowest BCUT2D eigenvalue weighted by molar-refractivity contribution is -0.113. The van der Waals surface area contributed by atoms with E-state index in [0.29, 0.717) is 5.92 Å². The Bertz CT molecular complexity index is 220. The van der Waals surface area contributed by atoms with Crippen LogP contribution >= 0.6 is 0 Å². The summed E-state index contributed by atoms with van der Waals surface area (Å²) in [5.74, 6) is 0.785. The second kappa shape index (κ2) is 2.29. The van der Waals surface area contributed by atoms with Gasteiger partial charge in [0, 0.05) is 11.8 Å². The Kier molecular flexibility index (Phi) is 1.41. The van der Waals surface area contributed by atoms with Crippen molar-refractivity contribution in [2.75, 3.05) is 0 Å². The van der Waals surface area contributed by atoms with Crippen LogP contribution in [0.2, 0.25) is 0 Å². The number of rotatable bonds is 2. The second-order valence-corrected chi connectivity index (χ2v) is 3.38. The number of hydrogen-bond acceptors (Lipinski definition) is 2. The molecule has 1 fully saturated rings. The van der Waals surface area contributed by atoms with Crippen LogP contribution in [0.3, 0.4) is 0 Å². The lowest BCUT2D eigenvalue weighted by Gasteiger charge is -2.09. The van der Waals surface area contributed by atoms with E-state index < -0.39 is 0 Å². The SMILES string of the molecule is O=C[C@H]1[C@H]2C=C[C@@H]1C[C@@H]2C=O. The Balaban J connectivity index is 2.23. The van der Waals surface area contributed by atoms with Crippen LogP contribution in [-0.2, 0) is 9.59 Å². The predicted molar refractivity (Wildman–Crippen MR) is 39.8 cm³/mol. The summed E-state index contributed by atoms with van der Waals surface area (Å²) in [6.45, 7) is 0. The van der Waals surface area contributed by atoms with E-state index in [9.17, 15) is 9.59 Å². The summed E-state index contributed by atoms with van der Waals surface area (Å²) in [4.78, 5) is 21.1. The summed E-state index contributed by atoms with van der Waals surface area (Å²) in [6.07, 6.45) is 6.97. The molecule has 2 aliphatic carbocycles. The Labute approximate surface area is 65.3 Å². The van der Waals surface area contributed by atoms with Gasteiger partial charge in [-0.15, -0.1) is 0 Å². The average Bonchev–Trinajstić information content (AvgIpc) is 2.59. The minimum absolute atomic E-state index is 0.102. The maximum Gasteiger partial charge on any atom is 0.124 e. The smallest absolute Gasteiger partial charge is 0.124 e. The van der Waals surface area contributed by atoms with Crippen molar-refractivity contribution < 1.29 is 9.59 Å². The number of aldehydes is 2. The third-order valence-electron chi connectivity index (χ3n) is 2.89. The quantitative estimate of drug-likeness (QED) is 0.431. The second-order valence-electron chi connectivity index (χ2n) is 3.38. The van der Waals surface area contributed by atoms with Crippen LogP contribution in [0.15, 0.2) is 12.2 Å². The summed E-state index contributed by atoms with van der Waals surface area (Å²) in [7, 11) is 0. The molecule has 1 saturated carbocycles. The van der Waals surface area contributed by atoms with Gasteiger partial charge in [-0.25, -0.2) is 0 Å². The molecule has 0 aromatic carbocycles. The average molecular weight is 150 g/mol. The van der Waals surface area contributed by atoms with Crippen molar-refractivity contribution in [3.8, 4) is 0 Å². The van der Waals surface area contributed by atoms with Crippen molar-refractivity contribution >= 4 is 12.6 Å². The normalized spacial score (nSPS) is 46.2. The molecule has 4 atom stereocenters. The van der Waals surface area contributed by atoms with Gasteiger partial charge in [0.1, 0.15) is 12.6 Å². The Morgan fingerprint density at radius 1 is 1.18 bits per heavy atom. The van der Waals surface area contributed by atoms with E-state index >= 15 is 0 Å². The standard InChI is InChI=1S/C9H10O2/c10-4-7-3-6-1-2-8(7)9(6)5-11/h1-2,4-9H,3H2/t6-,7-,8+,9-/m1/s1. The summed E-state index contributed by atoms with van der Waals surface area (Å²) in [5, 5.41) is 0. The van der Waals surface area contributed by atoms with Crippen molar-refractivity contribution in [1.82, 2.24) is 0 Å². The van der Waals surface area contributed by atoms with Crippen LogP contribution in [0.1, 0.15) is 6.42 Å². The van der Waals surface area contributed by atoms with Gasteiger partial charge in [0.25, 0.3) is 0 Å². The van der Waals surface area contributed by atoms with Gasteiger partial charge < -0.3 is 9.59 Å². The van der Waals surface area contributed by atoms with Crippen LogP contribution in [0.25, 0.3) is 0 Å². The van der Waals surface area contributed by atoms with Gasteiger partial charge in [-0.1, -0.05) is 12.2 Å². The van der Waals surface area contributed by atoms with Crippen LogP contribution < -0.4 is 0 Å². The first-order chi connectivity index (χ1) is 5.36. The lowest BCUT2D eigenvalue weighted by Crippen LogP contribution is -2.12. The number of carbonyl (C=O) groups is 2. The zero-order valence-corrected chi connectivity index (χ0v) is 6.14. The third-order valence-corrected chi connectivity index (χ3v) is 2.89. The first kappa shape index (κ1) is 6.77. The largest absolute Gasteiger partial charge is 0.303 e. The molecule has 0 spiro atoms. The summed E-state index contributed by atoms with van der Waals surface area (Å²) in [6, 6.07) is 0. The molecule has 2 bridgehead atoms. The molecule has 0 amide bonds. The van der Waals surface area contributed by atoms with E-state index in [1.807, 2.05) is 6.08 Å². The van der Waals surface area contributed by atoms with Gasteiger partial charge in [-0.2, -0.15) is 0 Å². The topological polar surface area (TPSA) is 34.1 Å². The fourth-order valence-electron chi connectivity index (χ4n) is 2.29. The van der Waals surface area contributed by atoms with Crippen LogP contribution in [-0.4, -0.2) is 12.6 Å². The van der Waals surface area contributed by atoms with E-state index in [2.05, 4.69) is 6.08 Å². The lowest BCUT2D eigenvalue weighted by atomic mass is 9.93. The van der Waals surface area contributed by atoms with Gasteiger partial charge >= 0.3 is 0 Å². The van der Waals surface area contributed by atoms with Gasteiger partial charge in [-0.05, 0) is 18.3 Å². The molecule has 0 aliphatic heterocycles. The van der Waals surface area contributed by atoms with Crippen molar-refractivity contribution in [2.24, 2.45) is 23.7 Å². The van der Waals surface area contributed by atoms with Crippen LogP contribution in [0, 0.1) is 23.7 Å². The predicted octanol–water partition coefficient (Wildman–Crippen LogP) is 0.823. The fraction of sp³-hybridized carbons (Fsp3) is 0.556. The molecule has 2 heteroatoms. The van der Waals surface area contributed by atoms with Crippen molar-refractivity contribution in [3.63, 3.8) is 0 Å². The Morgan fingerprint density at radius 2 is 2.00 bits per heavy atom. The van der Waals surface area contributed by atoms with Crippen molar-refractivity contribution in [2.45, 2.75) is 6.42 Å². The molecule has 0 aromatic heterocycles. The molecule has 11 heavy (non-hydrogen) atoms. The van der Waals surface area contributed by atoms with Gasteiger partial charge in [0.15, 0.2) is 0 Å². The first-order valence-electron chi connectivity index (χ1n) is 3.95. The van der Waals surface area contributed by atoms with Gasteiger partial charge in [-0.3, -0.25) is 0 Å². The van der Waals surface area contributed by atoms with E-state index in [-0.39, 0.29) is 17.8 Å². The molecule has 0 N–H and O–H groups in total. The van der Waals surface area contributed by atoms with Crippen molar-refractivity contribution in [3.05, 3.63) is 12.2 Å². The van der Waals surface area contributed by atoms with Crippen LogP contribution in [0.4, 0.5) is 0 Å². The molecular formula is C9H10O2. The summed E-state index contributed by atoms with van der Waals surface area (Å²) < 4.78 is 0. The zero-order valence-electron chi connectivity index (χ0n) is 6.14. The van der Waals surface area contributed by atoms with E-state index in [4.69, 9.17) is 0 Å². The van der Waals surface area contributed by atoms with Crippen LogP contribution in [0.5, 0.6) is 0 Å². The molecule has 58 valence electrons. The third kappa shape index (κ3) is 0.785. The molecule has 2 aliphatic rings. The molecular weight excluding hydrogens is 140 g/mol. The number of hydrogen-bond donors (Lipinski definition) is 0. The Hall–Kier alpha value is -0.920. The highest BCUT2D eigenvalue weighted by molar-refractivity contribution is 5.64. The zero-order chi connectivity index (χ0) is 7.84. The molecule has 0 heterocycles. The maximum atomic E-state index is 10.6. The minimum atomic E-state index is 0.102. The number of allylic oxidation sites excluding steroid dienone is 2. The highest BCUT2D eigenvalue weighted by Crippen LogP contribution is 2.46. The monoisotopic (exact) mass is 150 g/mol. The number of fused-ring (bicyclic) bond motifs is 2. The van der Waals surface area contributed by atoms with E-state index in [0.717, 1.165) is 19.0 Å². The Morgan fingerprint density at radius 3 is 2.45 bits per heavy atom. The van der Waals surface area contributed by atoms with Gasteiger partial charge in [0.05, 0.1) is 0 Å². The minimum Gasteiger partial charge on any atom is -0.303 e. The maximum absolute atomic E-state index is 10.6. The molecule has 0 unspecified atom stereocenters. The first-order valence-corrected chi connectivity index (χ1v) is 3.95. The van der Waals surface area contributed by atoms with Crippen molar-refractivity contribution in [1.29, 1.82) is 0 Å². The molecule has 2 nitrogen and oxygen atoms in total. The molecule has 0 radical (unpaired) electrons. The highest BCUT2D eigenvalue weighted by Gasteiger charge is 2.44. The molecule has 0 saturated heterocycles. The van der Waals surface area contributed by atoms with E-state index in [1.165, 1.54) is 0 Å². The fourth-order valence-corrected chi connectivity index (χ4v) is 2.29. The molecule has 0 aromatic rings. The molecule has 2 rings (SSSR count). The summed E-state index contributed by atoms with van der Waals surface area (Å²) in [5.41, 5.74) is 0. The van der Waals surface area contributed by atoms with E-state index in [1.54, 1.807) is 0 Å². The summed E-state index contributed by atoms with van der Waals surface area (Å²) >= 11 is 0.